The molecule has 146 valence electrons. The zero-order valence-corrected chi connectivity index (χ0v) is 15.8. The largest absolute Gasteiger partial charge is 0.326 e. The van der Waals surface area contributed by atoms with E-state index in [4.69, 9.17) is 0 Å². The van der Waals surface area contributed by atoms with Crippen LogP contribution in [0.25, 0.3) is 11.4 Å². The number of carbonyl (C=O) groups is 2. The zero-order chi connectivity index (χ0) is 19.8. The van der Waals surface area contributed by atoms with Crippen LogP contribution in [0.15, 0.2) is 54.6 Å². The number of aromatic amines is 1. The Morgan fingerprint density at radius 3 is 2.72 bits per heavy atom. The summed E-state index contributed by atoms with van der Waals surface area (Å²) in [5.74, 6) is 1.51. The van der Waals surface area contributed by atoms with Gasteiger partial charge in [0.05, 0.1) is 5.92 Å². The molecular formula is C22H21N5O2. The quantitative estimate of drug-likeness (QED) is 0.702. The second-order valence-electron chi connectivity index (χ2n) is 7.63. The van der Waals surface area contributed by atoms with Gasteiger partial charge in [-0.2, -0.15) is 5.10 Å². The first-order valence-electron chi connectivity index (χ1n) is 9.86. The first-order chi connectivity index (χ1) is 14.2. The summed E-state index contributed by atoms with van der Waals surface area (Å²) in [6, 6.07) is 16.9. The lowest BCUT2D eigenvalue weighted by molar-refractivity contribution is -0.122. The molecule has 2 amide bonds. The normalized spacial score (nSPS) is 18.8. The van der Waals surface area contributed by atoms with E-state index in [1.807, 2.05) is 54.6 Å². The Balaban J connectivity index is 1.28. The lowest BCUT2D eigenvalue weighted by Crippen LogP contribution is -2.28. The number of benzene rings is 2. The van der Waals surface area contributed by atoms with Crippen LogP contribution in [0.3, 0.4) is 0 Å². The first kappa shape index (κ1) is 17.6. The molecule has 5 rings (SSSR count). The maximum atomic E-state index is 12.8. The van der Waals surface area contributed by atoms with Crippen molar-refractivity contribution in [3.05, 3.63) is 60.4 Å². The van der Waals surface area contributed by atoms with Gasteiger partial charge in [-0.3, -0.25) is 14.7 Å². The summed E-state index contributed by atoms with van der Waals surface area (Å²) in [6.07, 6.45) is 2.53. The molecule has 1 saturated heterocycles. The van der Waals surface area contributed by atoms with Crippen LogP contribution < -0.4 is 10.2 Å². The minimum Gasteiger partial charge on any atom is -0.326 e. The van der Waals surface area contributed by atoms with Crippen LogP contribution in [0.5, 0.6) is 0 Å². The van der Waals surface area contributed by atoms with E-state index in [9.17, 15) is 9.59 Å². The molecule has 1 saturated carbocycles. The number of rotatable bonds is 5. The van der Waals surface area contributed by atoms with Gasteiger partial charge >= 0.3 is 0 Å². The van der Waals surface area contributed by atoms with E-state index in [2.05, 4.69) is 20.5 Å². The van der Waals surface area contributed by atoms with Gasteiger partial charge in [0, 0.05) is 35.8 Å². The molecule has 2 aromatic carbocycles. The van der Waals surface area contributed by atoms with Gasteiger partial charge in [-0.15, -0.1) is 0 Å². The van der Waals surface area contributed by atoms with Crippen LogP contribution in [-0.4, -0.2) is 33.5 Å². The summed E-state index contributed by atoms with van der Waals surface area (Å²) in [7, 11) is 0. The molecule has 1 aliphatic heterocycles. The number of anilines is 2. The predicted octanol–water partition coefficient (Wildman–Crippen LogP) is 3.34. The SMILES string of the molecule is O=C(Nc1cccc(-c2n[nH]c(C3CC3)n2)c1)C1CC(=O)N(c2ccccc2)C1. The Labute approximate surface area is 168 Å². The predicted molar refractivity (Wildman–Crippen MR) is 109 cm³/mol. The molecule has 1 unspecified atom stereocenters. The Morgan fingerprint density at radius 1 is 1.10 bits per heavy atom. The van der Waals surface area contributed by atoms with Crippen molar-refractivity contribution in [2.24, 2.45) is 5.92 Å². The van der Waals surface area contributed by atoms with Gasteiger partial charge in [-0.1, -0.05) is 30.3 Å². The molecule has 1 aliphatic carbocycles. The fraction of sp³-hybridized carbons (Fsp3) is 0.273. The van der Waals surface area contributed by atoms with Crippen molar-refractivity contribution >= 4 is 23.2 Å². The highest BCUT2D eigenvalue weighted by Crippen LogP contribution is 2.38. The molecule has 0 spiro atoms. The van der Waals surface area contributed by atoms with Gasteiger partial charge in [0.25, 0.3) is 0 Å². The lowest BCUT2D eigenvalue weighted by atomic mass is 10.1. The maximum absolute atomic E-state index is 12.8. The highest BCUT2D eigenvalue weighted by atomic mass is 16.2. The maximum Gasteiger partial charge on any atom is 0.229 e. The minimum absolute atomic E-state index is 0.0292. The van der Waals surface area contributed by atoms with Crippen molar-refractivity contribution in [1.82, 2.24) is 15.2 Å². The number of H-pyrrole nitrogens is 1. The first-order valence-corrected chi connectivity index (χ1v) is 9.86. The molecule has 2 N–H and O–H groups in total. The van der Waals surface area contributed by atoms with E-state index in [0.29, 0.717) is 24.0 Å². The molecule has 2 fully saturated rings. The summed E-state index contributed by atoms with van der Waals surface area (Å²) in [5, 5.41) is 10.2. The molecule has 29 heavy (non-hydrogen) atoms. The molecule has 2 aliphatic rings. The van der Waals surface area contributed by atoms with Crippen LogP contribution in [0.2, 0.25) is 0 Å². The monoisotopic (exact) mass is 387 g/mol. The van der Waals surface area contributed by atoms with Crippen LogP contribution in [-0.2, 0) is 9.59 Å². The topological polar surface area (TPSA) is 91.0 Å². The second kappa shape index (κ2) is 7.16. The molecule has 0 bridgehead atoms. The lowest BCUT2D eigenvalue weighted by Gasteiger charge is -2.16. The van der Waals surface area contributed by atoms with Crippen LogP contribution >= 0.6 is 0 Å². The number of carbonyl (C=O) groups excluding carboxylic acids is 2. The van der Waals surface area contributed by atoms with Gasteiger partial charge in [0.1, 0.15) is 5.82 Å². The van der Waals surface area contributed by atoms with Crippen molar-refractivity contribution in [2.45, 2.75) is 25.2 Å². The number of nitrogens with one attached hydrogen (secondary N) is 2. The summed E-state index contributed by atoms with van der Waals surface area (Å²) < 4.78 is 0. The van der Waals surface area contributed by atoms with E-state index in [0.717, 1.165) is 29.9 Å². The van der Waals surface area contributed by atoms with Crippen molar-refractivity contribution in [3.63, 3.8) is 0 Å². The zero-order valence-electron chi connectivity index (χ0n) is 15.8. The average Bonchev–Trinajstić information content (AvgIpc) is 3.33. The van der Waals surface area contributed by atoms with E-state index in [1.54, 1.807) is 4.90 Å². The number of amides is 2. The van der Waals surface area contributed by atoms with Gasteiger partial charge < -0.3 is 10.2 Å². The van der Waals surface area contributed by atoms with Crippen LogP contribution in [0.4, 0.5) is 11.4 Å². The standard InChI is InChI=1S/C22H21N5O2/c28-19-12-16(13-27(19)18-7-2-1-3-8-18)22(29)23-17-6-4-5-15(11-17)21-24-20(25-26-21)14-9-10-14/h1-8,11,14,16H,9-10,12-13H2,(H,23,29)(H,24,25,26). The fourth-order valence-electron chi connectivity index (χ4n) is 3.66. The Bertz CT molecular complexity index is 1060. The third-order valence-electron chi connectivity index (χ3n) is 5.42. The number of hydrogen-bond acceptors (Lipinski definition) is 4. The molecule has 0 radical (unpaired) electrons. The van der Waals surface area contributed by atoms with E-state index >= 15 is 0 Å². The average molecular weight is 387 g/mol. The third kappa shape index (κ3) is 3.63. The van der Waals surface area contributed by atoms with Crippen molar-refractivity contribution in [3.8, 4) is 11.4 Å². The van der Waals surface area contributed by atoms with E-state index < -0.39 is 0 Å². The van der Waals surface area contributed by atoms with Gasteiger partial charge in [0.15, 0.2) is 5.82 Å². The summed E-state index contributed by atoms with van der Waals surface area (Å²) in [5.41, 5.74) is 2.35. The third-order valence-corrected chi connectivity index (χ3v) is 5.42. The number of nitrogens with zero attached hydrogens (tertiary/aromatic N) is 3. The molecule has 7 nitrogen and oxygen atoms in total. The Kier molecular flexibility index (Phi) is 4.35. The molecular weight excluding hydrogens is 366 g/mol. The second-order valence-corrected chi connectivity index (χ2v) is 7.63. The summed E-state index contributed by atoms with van der Waals surface area (Å²) >= 11 is 0. The number of aromatic nitrogens is 3. The van der Waals surface area contributed by atoms with Crippen molar-refractivity contribution < 1.29 is 9.59 Å². The Morgan fingerprint density at radius 2 is 1.93 bits per heavy atom. The molecule has 2 heterocycles. The molecule has 7 heteroatoms. The summed E-state index contributed by atoms with van der Waals surface area (Å²) in [6.45, 7) is 0.389. The van der Waals surface area contributed by atoms with Crippen molar-refractivity contribution in [2.75, 3.05) is 16.8 Å². The van der Waals surface area contributed by atoms with E-state index in [1.165, 1.54) is 0 Å². The van der Waals surface area contributed by atoms with Gasteiger partial charge in [-0.05, 0) is 37.1 Å². The Hall–Kier alpha value is -3.48. The number of para-hydroxylation sites is 1. The highest BCUT2D eigenvalue weighted by molar-refractivity contribution is 6.03. The molecule has 1 aromatic heterocycles. The minimum atomic E-state index is -0.378. The highest BCUT2D eigenvalue weighted by Gasteiger charge is 2.35. The molecule has 3 aromatic rings. The molecule has 1 atom stereocenters. The van der Waals surface area contributed by atoms with Gasteiger partial charge in [-0.25, -0.2) is 4.98 Å². The van der Waals surface area contributed by atoms with E-state index in [-0.39, 0.29) is 24.2 Å². The van der Waals surface area contributed by atoms with Crippen LogP contribution in [0.1, 0.15) is 31.0 Å². The van der Waals surface area contributed by atoms with Crippen molar-refractivity contribution in [1.29, 1.82) is 0 Å². The van der Waals surface area contributed by atoms with Gasteiger partial charge in [0.2, 0.25) is 11.8 Å². The smallest absolute Gasteiger partial charge is 0.229 e. The number of hydrogen-bond donors (Lipinski definition) is 2. The fourth-order valence-corrected chi connectivity index (χ4v) is 3.66. The van der Waals surface area contributed by atoms with Crippen LogP contribution in [0, 0.1) is 5.92 Å². The summed E-state index contributed by atoms with van der Waals surface area (Å²) in [4.78, 5) is 31.4.